The topological polar surface area (TPSA) is 52.3 Å². The number of nitrogens with two attached hydrogens (primary N) is 1. The van der Waals surface area contributed by atoms with Crippen molar-refractivity contribution in [3.63, 3.8) is 0 Å². The maximum atomic E-state index is 11.7. The van der Waals surface area contributed by atoms with Gasteiger partial charge in [-0.05, 0) is 49.7 Å². The van der Waals surface area contributed by atoms with E-state index in [0.717, 1.165) is 5.56 Å². The highest BCUT2D eigenvalue weighted by atomic mass is 35.5. The molecule has 1 unspecified atom stereocenters. The van der Waals surface area contributed by atoms with Crippen LogP contribution in [-0.4, -0.2) is 17.3 Å². The normalized spacial score (nSPS) is 16.4. The van der Waals surface area contributed by atoms with E-state index in [2.05, 4.69) is 33.9 Å². The van der Waals surface area contributed by atoms with Crippen molar-refractivity contribution >= 4 is 30.9 Å². The van der Waals surface area contributed by atoms with Gasteiger partial charge in [0.15, 0.2) is 8.32 Å². The Labute approximate surface area is 155 Å². The van der Waals surface area contributed by atoms with Gasteiger partial charge in [-0.25, -0.2) is 4.21 Å². The summed E-state index contributed by atoms with van der Waals surface area (Å²) in [5, 5.41) is 6.34. The molecule has 2 N–H and O–H groups in total. The summed E-state index contributed by atoms with van der Waals surface area (Å²) in [6.07, 6.45) is 3.59. The Balaban J connectivity index is 3.23. The summed E-state index contributed by atoms with van der Waals surface area (Å²) in [6, 6.07) is 7.67. The molecule has 0 bridgehead atoms. The zero-order chi connectivity index (χ0) is 18.8. The molecule has 1 aromatic carbocycles. The summed E-state index contributed by atoms with van der Waals surface area (Å²) in [5.74, 6) is 0. The lowest BCUT2D eigenvalue weighted by Crippen LogP contribution is -2.41. The minimum atomic E-state index is -1.99. The molecule has 2 atom stereocenters. The van der Waals surface area contributed by atoms with Crippen LogP contribution in [0.4, 0.5) is 0 Å². The standard InChI is InChI=1S/C18H30ClNO2SSi/c1-17(2,3)24(6,7)22-16(11-12-18(4,5)23(20)21)14-9-8-10-15(19)13-14/h8-13,16H,20H2,1-7H3/t16-,23?/m1/s1. The van der Waals surface area contributed by atoms with E-state index in [-0.39, 0.29) is 11.1 Å². The van der Waals surface area contributed by atoms with Crippen molar-refractivity contribution in [1.29, 1.82) is 0 Å². The number of benzene rings is 1. The van der Waals surface area contributed by atoms with Gasteiger partial charge in [0.05, 0.1) is 21.8 Å². The molecule has 6 heteroatoms. The first-order valence-corrected chi connectivity index (χ1v) is 12.5. The summed E-state index contributed by atoms with van der Waals surface area (Å²) >= 11 is 6.15. The van der Waals surface area contributed by atoms with Gasteiger partial charge < -0.3 is 4.43 Å². The molecule has 0 aromatic heterocycles. The van der Waals surface area contributed by atoms with Gasteiger partial charge >= 0.3 is 0 Å². The van der Waals surface area contributed by atoms with Gasteiger partial charge in [-0.2, -0.15) is 0 Å². The fourth-order valence-corrected chi connectivity index (χ4v) is 3.40. The van der Waals surface area contributed by atoms with Crippen molar-refractivity contribution < 1.29 is 8.63 Å². The molecule has 0 aliphatic rings. The third-order valence-corrected chi connectivity index (χ3v) is 10.5. The second-order valence-corrected chi connectivity index (χ2v) is 15.0. The highest BCUT2D eigenvalue weighted by molar-refractivity contribution is 7.84. The van der Waals surface area contributed by atoms with Crippen LogP contribution >= 0.6 is 11.6 Å². The van der Waals surface area contributed by atoms with Crippen LogP contribution in [0.5, 0.6) is 0 Å². The first kappa shape index (κ1) is 21.6. The maximum Gasteiger partial charge on any atom is 0.193 e. The molecule has 0 heterocycles. The quantitative estimate of drug-likeness (QED) is 0.527. The minimum absolute atomic E-state index is 0.0872. The van der Waals surface area contributed by atoms with Crippen molar-refractivity contribution in [2.75, 3.05) is 0 Å². The third kappa shape index (κ3) is 5.81. The predicted molar refractivity (Wildman–Crippen MR) is 108 cm³/mol. The molecule has 0 saturated carbocycles. The summed E-state index contributed by atoms with van der Waals surface area (Å²) in [5.41, 5.74) is 0.988. The highest BCUT2D eigenvalue weighted by Crippen LogP contribution is 2.40. The van der Waals surface area contributed by atoms with Gasteiger partial charge in [0.1, 0.15) is 0 Å². The van der Waals surface area contributed by atoms with E-state index in [4.69, 9.17) is 21.2 Å². The molecule has 1 aromatic rings. The maximum absolute atomic E-state index is 11.7. The fraction of sp³-hybridized carbons (Fsp3) is 0.556. The molecule has 0 aliphatic carbocycles. The zero-order valence-electron chi connectivity index (χ0n) is 15.7. The van der Waals surface area contributed by atoms with E-state index in [1.807, 2.05) is 50.3 Å². The Kier molecular flexibility index (Phi) is 7.04. The molecule has 136 valence electrons. The molecule has 3 nitrogen and oxygen atoms in total. The van der Waals surface area contributed by atoms with Crippen LogP contribution in [-0.2, 0) is 15.4 Å². The van der Waals surface area contributed by atoms with E-state index in [9.17, 15) is 4.21 Å². The van der Waals surface area contributed by atoms with Crippen molar-refractivity contribution in [2.24, 2.45) is 5.14 Å². The SMILES string of the molecule is CC(C)(C=C[C@@H](O[Si](C)(C)C(C)(C)C)c1cccc(Cl)c1)S(N)=O. The summed E-state index contributed by atoms with van der Waals surface area (Å²) in [4.78, 5) is 0. The van der Waals surface area contributed by atoms with Crippen LogP contribution in [0.2, 0.25) is 23.2 Å². The molecule has 0 aliphatic heterocycles. The van der Waals surface area contributed by atoms with Crippen LogP contribution in [0.1, 0.15) is 46.3 Å². The van der Waals surface area contributed by atoms with E-state index < -0.39 is 24.1 Å². The Hall–Kier alpha value is -0.463. The van der Waals surface area contributed by atoms with Gasteiger partial charge in [0.2, 0.25) is 0 Å². The van der Waals surface area contributed by atoms with E-state index in [1.54, 1.807) is 0 Å². The Morgan fingerprint density at radius 3 is 2.29 bits per heavy atom. The van der Waals surface area contributed by atoms with Crippen LogP contribution in [0.15, 0.2) is 36.4 Å². The van der Waals surface area contributed by atoms with Crippen LogP contribution in [0, 0.1) is 0 Å². The highest BCUT2D eigenvalue weighted by Gasteiger charge is 2.39. The molecule has 1 rings (SSSR count). The van der Waals surface area contributed by atoms with Crippen molar-refractivity contribution in [3.05, 3.63) is 47.0 Å². The predicted octanol–water partition coefficient (Wildman–Crippen LogP) is 5.36. The second kappa shape index (κ2) is 7.83. The smallest absolute Gasteiger partial charge is 0.193 e. The van der Waals surface area contributed by atoms with Gasteiger partial charge in [0.25, 0.3) is 0 Å². The first-order valence-electron chi connectivity index (χ1n) is 8.05. The molecule has 0 spiro atoms. The average molecular weight is 388 g/mol. The number of halogens is 1. The fourth-order valence-electron chi connectivity index (χ4n) is 1.78. The largest absolute Gasteiger partial charge is 0.407 e. The van der Waals surface area contributed by atoms with Crippen molar-refractivity contribution in [2.45, 2.75) is 63.6 Å². The third-order valence-electron chi connectivity index (χ3n) is 4.60. The van der Waals surface area contributed by atoms with Crippen molar-refractivity contribution in [1.82, 2.24) is 0 Å². The zero-order valence-corrected chi connectivity index (χ0v) is 18.3. The van der Waals surface area contributed by atoms with Crippen LogP contribution < -0.4 is 5.14 Å². The molecule has 0 radical (unpaired) electrons. The summed E-state index contributed by atoms with van der Waals surface area (Å²) < 4.78 is 17.7. The Bertz CT molecular complexity index is 624. The van der Waals surface area contributed by atoms with Gasteiger partial charge in [-0.1, -0.05) is 56.7 Å². The average Bonchev–Trinajstić information content (AvgIpc) is 2.42. The molecule has 24 heavy (non-hydrogen) atoms. The molecule has 0 saturated heterocycles. The van der Waals surface area contributed by atoms with Crippen molar-refractivity contribution in [3.8, 4) is 0 Å². The van der Waals surface area contributed by atoms with Crippen LogP contribution in [0.25, 0.3) is 0 Å². The number of hydrogen-bond donors (Lipinski definition) is 1. The number of hydrogen-bond acceptors (Lipinski definition) is 2. The molecule has 0 amide bonds. The van der Waals surface area contributed by atoms with Gasteiger partial charge in [-0.15, -0.1) is 0 Å². The second-order valence-electron chi connectivity index (χ2n) is 8.11. The summed E-state index contributed by atoms with van der Waals surface area (Å²) in [6.45, 7) is 14.7. The van der Waals surface area contributed by atoms with E-state index in [1.165, 1.54) is 0 Å². The lowest BCUT2D eigenvalue weighted by Gasteiger charge is -2.39. The Morgan fingerprint density at radius 2 is 1.83 bits per heavy atom. The van der Waals surface area contributed by atoms with E-state index in [0.29, 0.717) is 5.02 Å². The molecular formula is C18H30ClNO2SSi. The van der Waals surface area contributed by atoms with E-state index >= 15 is 0 Å². The lowest BCUT2D eigenvalue weighted by atomic mass is 10.1. The molecule has 0 fully saturated rings. The summed E-state index contributed by atoms with van der Waals surface area (Å²) in [7, 11) is -3.44. The van der Waals surface area contributed by atoms with Crippen LogP contribution in [0.3, 0.4) is 0 Å². The Morgan fingerprint density at radius 1 is 1.25 bits per heavy atom. The lowest BCUT2D eigenvalue weighted by molar-refractivity contribution is 0.229. The van der Waals surface area contributed by atoms with Gasteiger partial charge in [-0.3, -0.25) is 5.14 Å². The number of rotatable bonds is 6. The first-order chi connectivity index (χ1) is 10.8. The van der Waals surface area contributed by atoms with Gasteiger partial charge in [0, 0.05) is 5.02 Å². The minimum Gasteiger partial charge on any atom is -0.407 e. The monoisotopic (exact) mass is 387 g/mol. The molecular weight excluding hydrogens is 358 g/mol.